The minimum Gasteiger partial charge on any atom is -0.493 e. The minimum absolute atomic E-state index is 0.160. The third-order valence-corrected chi connectivity index (χ3v) is 3.37. The lowest BCUT2D eigenvalue weighted by atomic mass is 10.1. The van der Waals surface area contributed by atoms with E-state index in [1.54, 1.807) is 25.3 Å². The van der Waals surface area contributed by atoms with E-state index in [9.17, 15) is 4.79 Å². The number of ether oxygens (including phenoxy) is 2. The van der Waals surface area contributed by atoms with Gasteiger partial charge in [-0.3, -0.25) is 4.79 Å². The van der Waals surface area contributed by atoms with Crippen molar-refractivity contribution in [3.05, 3.63) is 23.8 Å². The summed E-state index contributed by atoms with van der Waals surface area (Å²) < 4.78 is 11.2. The van der Waals surface area contributed by atoms with Crippen molar-refractivity contribution in [1.29, 1.82) is 0 Å². The van der Waals surface area contributed by atoms with Gasteiger partial charge in [0.2, 0.25) is 0 Å². The van der Waals surface area contributed by atoms with Crippen LogP contribution in [0, 0.1) is 0 Å². The van der Waals surface area contributed by atoms with E-state index in [2.05, 4.69) is 13.8 Å². The summed E-state index contributed by atoms with van der Waals surface area (Å²) in [7, 11) is 1.59. The van der Waals surface area contributed by atoms with Crippen molar-refractivity contribution >= 4 is 6.29 Å². The Labute approximate surface area is 122 Å². The number of hydrogen-bond donors (Lipinski definition) is 0. The van der Waals surface area contributed by atoms with Crippen molar-refractivity contribution in [3.8, 4) is 11.5 Å². The van der Waals surface area contributed by atoms with Crippen LogP contribution in [0.3, 0.4) is 0 Å². The molecule has 0 aliphatic heterocycles. The monoisotopic (exact) mass is 278 g/mol. The second kappa shape index (κ2) is 9.40. The molecule has 0 saturated carbocycles. The van der Waals surface area contributed by atoms with Crippen molar-refractivity contribution in [2.45, 2.75) is 58.5 Å². The van der Waals surface area contributed by atoms with Gasteiger partial charge in [0.25, 0.3) is 0 Å². The van der Waals surface area contributed by atoms with Crippen LogP contribution in [-0.4, -0.2) is 19.5 Å². The van der Waals surface area contributed by atoms with Crippen LogP contribution in [0.5, 0.6) is 11.5 Å². The Bertz CT molecular complexity index is 401. The number of benzene rings is 1. The molecule has 1 aromatic rings. The van der Waals surface area contributed by atoms with Crippen molar-refractivity contribution in [1.82, 2.24) is 0 Å². The number of methoxy groups -OCH3 is 1. The molecule has 0 radical (unpaired) electrons. The van der Waals surface area contributed by atoms with E-state index in [1.165, 1.54) is 32.1 Å². The van der Waals surface area contributed by atoms with Gasteiger partial charge >= 0.3 is 0 Å². The van der Waals surface area contributed by atoms with Gasteiger partial charge in [0, 0.05) is 5.56 Å². The number of hydrogen-bond acceptors (Lipinski definition) is 3. The lowest BCUT2D eigenvalue weighted by Gasteiger charge is -2.17. The highest BCUT2D eigenvalue weighted by atomic mass is 16.5. The van der Waals surface area contributed by atoms with E-state index in [4.69, 9.17) is 9.47 Å². The highest BCUT2D eigenvalue weighted by molar-refractivity contribution is 5.76. The molecule has 112 valence electrons. The largest absolute Gasteiger partial charge is 0.493 e. The van der Waals surface area contributed by atoms with Crippen LogP contribution in [-0.2, 0) is 0 Å². The van der Waals surface area contributed by atoms with Crippen LogP contribution >= 0.6 is 0 Å². The van der Waals surface area contributed by atoms with E-state index < -0.39 is 0 Å². The first-order valence-corrected chi connectivity index (χ1v) is 7.51. The lowest BCUT2D eigenvalue weighted by molar-refractivity contribution is 0.112. The molecule has 0 fully saturated rings. The molecule has 3 heteroatoms. The van der Waals surface area contributed by atoms with Gasteiger partial charge in [-0.2, -0.15) is 0 Å². The molecule has 0 spiro atoms. The van der Waals surface area contributed by atoms with Gasteiger partial charge < -0.3 is 9.47 Å². The standard InChI is InChI=1S/C17H26O3/c1-4-5-6-7-8-9-14(2)20-16-11-10-15(13-18)12-17(16)19-3/h10-14H,4-9H2,1-3H3. The molecule has 0 aromatic heterocycles. The summed E-state index contributed by atoms with van der Waals surface area (Å²) in [5, 5.41) is 0. The fraction of sp³-hybridized carbons (Fsp3) is 0.588. The Morgan fingerprint density at radius 1 is 1.15 bits per heavy atom. The zero-order valence-corrected chi connectivity index (χ0v) is 12.9. The molecule has 0 amide bonds. The van der Waals surface area contributed by atoms with Crippen LogP contribution < -0.4 is 9.47 Å². The molecule has 1 rings (SSSR count). The summed E-state index contributed by atoms with van der Waals surface area (Å²) in [6, 6.07) is 5.26. The maximum Gasteiger partial charge on any atom is 0.161 e. The molecule has 1 aromatic carbocycles. The van der Waals surface area contributed by atoms with Gasteiger partial charge in [0.15, 0.2) is 11.5 Å². The smallest absolute Gasteiger partial charge is 0.161 e. The van der Waals surface area contributed by atoms with Gasteiger partial charge in [-0.05, 0) is 38.0 Å². The number of aldehydes is 1. The van der Waals surface area contributed by atoms with Gasteiger partial charge in [0.05, 0.1) is 13.2 Å². The topological polar surface area (TPSA) is 35.5 Å². The van der Waals surface area contributed by atoms with Crippen LogP contribution in [0.15, 0.2) is 18.2 Å². The molecule has 0 heterocycles. The van der Waals surface area contributed by atoms with Crippen LogP contribution in [0.4, 0.5) is 0 Å². The van der Waals surface area contributed by atoms with Gasteiger partial charge in [-0.25, -0.2) is 0 Å². The third-order valence-electron chi connectivity index (χ3n) is 3.37. The Morgan fingerprint density at radius 3 is 2.55 bits per heavy atom. The summed E-state index contributed by atoms with van der Waals surface area (Å²) in [6.07, 6.45) is 8.36. The zero-order valence-electron chi connectivity index (χ0n) is 12.9. The van der Waals surface area contributed by atoms with Crippen molar-refractivity contribution < 1.29 is 14.3 Å². The molecular formula is C17H26O3. The van der Waals surface area contributed by atoms with Crippen LogP contribution in [0.25, 0.3) is 0 Å². The summed E-state index contributed by atoms with van der Waals surface area (Å²) in [5.74, 6) is 1.33. The molecule has 0 aliphatic rings. The van der Waals surface area contributed by atoms with Crippen molar-refractivity contribution in [2.75, 3.05) is 7.11 Å². The first-order chi connectivity index (χ1) is 9.71. The van der Waals surface area contributed by atoms with Gasteiger partial charge in [-0.1, -0.05) is 32.6 Å². The predicted octanol–water partition coefficient (Wildman–Crippen LogP) is 4.64. The van der Waals surface area contributed by atoms with Crippen molar-refractivity contribution in [2.24, 2.45) is 0 Å². The molecular weight excluding hydrogens is 252 g/mol. The fourth-order valence-electron chi connectivity index (χ4n) is 2.17. The summed E-state index contributed by atoms with van der Waals surface area (Å²) in [5.41, 5.74) is 0.599. The Kier molecular flexibility index (Phi) is 7.78. The molecule has 3 nitrogen and oxygen atoms in total. The minimum atomic E-state index is 0.160. The number of rotatable bonds is 10. The molecule has 1 atom stereocenters. The van der Waals surface area contributed by atoms with Crippen molar-refractivity contribution in [3.63, 3.8) is 0 Å². The Balaban J connectivity index is 2.44. The predicted molar refractivity (Wildman–Crippen MR) is 81.8 cm³/mol. The highest BCUT2D eigenvalue weighted by Gasteiger charge is 2.09. The fourth-order valence-corrected chi connectivity index (χ4v) is 2.17. The average molecular weight is 278 g/mol. The molecule has 0 bridgehead atoms. The van der Waals surface area contributed by atoms with Gasteiger partial charge in [0.1, 0.15) is 6.29 Å². The number of unbranched alkanes of at least 4 members (excludes halogenated alkanes) is 4. The maximum absolute atomic E-state index is 10.7. The average Bonchev–Trinajstić information content (AvgIpc) is 2.47. The molecule has 0 saturated heterocycles. The van der Waals surface area contributed by atoms with Crippen LogP contribution in [0.1, 0.15) is 62.7 Å². The maximum atomic E-state index is 10.7. The number of carbonyl (C=O) groups is 1. The first kappa shape index (κ1) is 16.5. The number of carbonyl (C=O) groups excluding carboxylic acids is 1. The van der Waals surface area contributed by atoms with E-state index >= 15 is 0 Å². The SMILES string of the molecule is CCCCCCCC(C)Oc1ccc(C=O)cc1OC. The summed E-state index contributed by atoms with van der Waals surface area (Å²) in [6.45, 7) is 4.30. The summed E-state index contributed by atoms with van der Waals surface area (Å²) >= 11 is 0. The zero-order chi connectivity index (χ0) is 14.8. The first-order valence-electron chi connectivity index (χ1n) is 7.51. The molecule has 0 aliphatic carbocycles. The molecule has 1 unspecified atom stereocenters. The third kappa shape index (κ3) is 5.64. The van der Waals surface area contributed by atoms with E-state index in [1.807, 2.05) is 0 Å². The normalized spacial score (nSPS) is 11.9. The van der Waals surface area contributed by atoms with E-state index in [0.29, 0.717) is 17.1 Å². The van der Waals surface area contributed by atoms with Gasteiger partial charge in [-0.15, -0.1) is 0 Å². The van der Waals surface area contributed by atoms with Crippen LogP contribution in [0.2, 0.25) is 0 Å². The quantitative estimate of drug-likeness (QED) is 0.462. The van der Waals surface area contributed by atoms with E-state index in [-0.39, 0.29) is 6.10 Å². The highest BCUT2D eigenvalue weighted by Crippen LogP contribution is 2.29. The second-order valence-corrected chi connectivity index (χ2v) is 5.16. The Morgan fingerprint density at radius 2 is 1.90 bits per heavy atom. The summed E-state index contributed by atoms with van der Waals surface area (Å²) in [4.78, 5) is 10.7. The van der Waals surface area contributed by atoms with E-state index in [0.717, 1.165) is 12.7 Å². The Hall–Kier alpha value is -1.51. The lowest BCUT2D eigenvalue weighted by Crippen LogP contribution is -2.12. The second-order valence-electron chi connectivity index (χ2n) is 5.16. The molecule has 0 N–H and O–H groups in total. The molecule has 20 heavy (non-hydrogen) atoms.